The number of rotatable bonds is 7. The maximum absolute atomic E-state index is 12.1. The first-order valence-corrected chi connectivity index (χ1v) is 8.04. The van der Waals surface area contributed by atoms with E-state index in [1.54, 1.807) is 12.1 Å². The van der Waals surface area contributed by atoms with E-state index in [1.807, 2.05) is 25.3 Å². The molecule has 116 valence electrons. The van der Waals surface area contributed by atoms with Crippen LogP contribution >= 0.6 is 11.8 Å². The zero-order chi connectivity index (χ0) is 15.8. The first kappa shape index (κ1) is 17.5. The van der Waals surface area contributed by atoms with E-state index >= 15 is 0 Å². The maximum atomic E-state index is 12.1. The molecule has 0 aliphatic rings. The predicted octanol–water partition coefficient (Wildman–Crippen LogP) is 1.16. The number of aliphatic hydroxyl groups excluding tert-OH is 1. The molecule has 0 aliphatic carbocycles. The van der Waals surface area contributed by atoms with Gasteiger partial charge < -0.3 is 15.7 Å². The van der Waals surface area contributed by atoms with Crippen molar-refractivity contribution in [3.8, 4) is 0 Å². The molecule has 0 fully saturated rings. The van der Waals surface area contributed by atoms with Crippen molar-refractivity contribution in [1.82, 2.24) is 10.6 Å². The summed E-state index contributed by atoms with van der Waals surface area (Å²) < 4.78 is 0. The summed E-state index contributed by atoms with van der Waals surface area (Å²) in [6, 6.07) is 6.97. The Morgan fingerprint density at radius 3 is 2.38 bits per heavy atom. The number of carbonyl (C=O) groups excluding carboxylic acids is 2. The first-order chi connectivity index (χ1) is 9.97. The minimum absolute atomic E-state index is 0.0204. The van der Waals surface area contributed by atoms with Crippen molar-refractivity contribution >= 4 is 23.6 Å². The van der Waals surface area contributed by atoms with Crippen LogP contribution in [0.5, 0.6) is 0 Å². The Morgan fingerprint density at radius 2 is 1.90 bits per heavy atom. The molecule has 0 heterocycles. The topological polar surface area (TPSA) is 78.4 Å². The average molecular weight is 310 g/mol. The van der Waals surface area contributed by atoms with Crippen molar-refractivity contribution in [1.29, 1.82) is 0 Å². The minimum atomic E-state index is -0.166. The summed E-state index contributed by atoms with van der Waals surface area (Å²) in [5.41, 5.74) is 1.50. The molecular formula is C15H22N2O3S. The number of nitrogens with one attached hydrogen (secondary N) is 2. The van der Waals surface area contributed by atoms with Crippen LogP contribution < -0.4 is 10.6 Å². The summed E-state index contributed by atoms with van der Waals surface area (Å²) in [5.74, 6) is -0.251. The third-order valence-corrected chi connectivity index (χ3v) is 4.32. The van der Waals surface area contributed by atoms with Crippen LogP contribution in [0.15, 0.2) is 24.3 Å². The van der Waals surface area contributed by atoms with Crippen molar-refractivity contribution in [3.63, 3.8) is 0 Å². The Hall–Kier alpha value is -1.53. The SMILES string of the molecule is CSC(CO)C(C)NC(=O)c1ccc(CNC(C)=O)cc1. The smallest absolute Gasteiger partial charge is 0.251 e. The maximum Gasteiger partial charge on any atom is 0.251 e. The number of amides is 2. The third-order valence-electron chi connectivity index (χ3n) is 3.16. The number of benzene rings is 1. The summed E-state index contributed by atoms with van der Waals surface area (Å²) in [6.45, 7) is 3.82. The molecule has 0 aliphatic heterocycles. The van der Waals surface area contributed by atoms with Crippen molar-refractivity contribution < 1.29 is 14.7 Å². The van der Waals surface area contributed by atoms with Gasteiger partial charge in [-0.25, -0.2) is 0 Å². The Bertz CT molecular complexity index is 472. The molecule has 2 amide bonds. The molecule has 5 nitrogen and oxygen atoms in total. The highest BCUT2D eigenvalue weighted by molar-refractivity contribution is 7.99. The second kappa shape index (κ2) is 8.69. The Kier molecular flexibility index (Phi) is 7.25. The lowest BCUT2D eigenvalue weighted by Crippen LogP contribution is -2.41. The van der Waals surface area contributed by atoms with Gasteiger partial charge in [-0.1, -0.05) is 12.1 Å². The summed E-state index contributed by atoms with van der Waals surface area (Å²) >= 11 is 1.52. The van der Waals surface area contributed by atoms with Gasteiger partial charge in [-0.05, 0) is 30.9 Å². The zero-order valence-corrected chi connectivity index (χ0v) is 13.4. The second-order valence-corrected chi connectivity index (χ2v) is 5.90. The minimum Gasteiger partial charge on any atom is -0.395 e. The van der Waals surface area contributed by atoms with Crippen molar-refractivity contribution in [2.45, 2.75) is 31.7 Å². The zero-order valence-electron chi connectivity index (χ0n) is 12.6. The molecule has 0 radical (unpaired) electrons. The van der Waals surface area contributed by atoms with Crippen LogP contribution in [0.1, 0.15) is 29.8 Å². The van der Waals surface area contributed by atoms with Gasteiger partial charge in [0.1, 0.15) is 0 Å². The molecule has 0 spiro atoms. The van der Waals surface area contributed by atoms with E-state index in [0.717, 1.165) is 5.56 Å². The lowest BCUT2D eigenvalue weighted by atomic mass is 10.1. The summed E-state index contributed by atoms with van der Waals surface area (Å²) in [4.78, 5) is 22.9. The van der Waals surface area contributed by atoms with E-state index in [4.69, 9.17) is 0 Å². The van der Waals surface area contributed by atoms with Gasteiger partial charge in [0, 0.05) is 30.3 Å². The highest BCUT2D eigenvalue weighted by Gasteiger charge is 2.18. The summed E-state index contributed by atoms with van der Waals surface area (Å²) in [5, 5.41) is 14.8. The number of hydrogen-bond donors (Lipinski definition) is 3. The number of thioether (sulfide) groups is 1. The quantitative estimate of drug-likeness (QED) is 0.706. The lowest BCUT2D eigenvalue weighted by Gasteiger charge is -2.21. The highest BCUT2D eigenvalue weighted by atomic mass is 32.2. The average Bonchev–Trinajstić information content (AvgIpc) is 2.46. The molecule has 0 bridgehead atoms. The van der Waals surface area contributed by atoms with Gasteiger partial charge in [-0.2, -0.15) is 11.8 Å². The van der Waals surface area contributed by atoms with Crippen LogP contribution in [0, 0.1) is 0 Å². The van der Waals surface area contributed by atoms with Gasteiger partial charge in [-0.3, -0.25) is 9.59 Å². The standard InChI is InChI=1S/C15H22N2O3S/c1-10(14(9-18)21-3)17-15(20)13-6-4-12(5-7-13)8-16-11(2)19/h4-7,10,14,18H,8-9H2,1-3H3,(H,16,19)(H,17,20). The van der Waals surface area contributed by atoms with Gasteiger partial charge in [0.2, 0.25) is 5.91 Å². The second-order valence-electron chi connectivity index (χ2n) is 4.83. The predicted molar refractivity (Wildman–Crippen MR) is 85.3 cm³/mol. The fraction of sp³-hybridized carbons (Fsp3) is 0.467. The third kappa shape index (κ3) is 5.77. The van der Waals surface area contributed by atoms with Crippen molar-refractivity contribution in [2.75, 3.05) is 12.9 Å². The van der Waals surface area contributed by atoms with Crippen LogP contribution in [0.25, 0.3) is 0 Å². The van der Waals surface area contributed by atoms with E-state index in [0.29, 0.717) is 12.1 Å². The molecule has 1 rings (SSSR count). The monoisotopic (exact) mass is 310 g/mol. The van der Waals surface area contributed by atoms with Crippen LogP contribution in [0.4, 0.5) is 0 Å². The Labute approximate surface area is 129 Å². The van der Waals surface area contributed by atoms with Crippen LogP contribution in [0.2, 0.25) is 0 Å². The van der Waals surface area contributed by atoms with Crippen LogP contribution in [-0.4, -0.2) is 41.1 Å². The molecule has 2 atom stereocenters. The molecule has 0 saturated heterocycles. The van der Waals surface area contributed by atoms with Gasteiger partial charge in [0.25, 0.3) is 5.91 Å². The molecule has 6 heteroatoms. The normalized spacial score (nSPS) is 13.3. The fourth-order valence-electron chi connectivity index (χ4n) is 1.82. The number of carbonyl (C=O) groups is 2. The lowest BCUT2D eigenvalue weighted by molar-refractivity contribution is -0.119. The van der Waals surface area contributed by atoms with Crippen LogP contribution in [-0.2, 0) is 11.3 Å². The highest BCUT2D eigenvalue weighted by Crippen LogP contribution is 2.11. The fourth-order valence-corrected chi connectivity index (χ4v) is 2.45. The van der Waals surface area contributed by atoms with Crippen molar-refractivity contribution in [2.24, 2.45) is 0 Å². The van der Waals surface area contributed by atoms with Gasteiger partial charge >= 0.3 is 0 Å². The molecule has 0 saturated carbocycles. The van der Waals surface area contributed by atoms with Gasteiger partial charge in [-0.15, -0.1) is 0 Å². The van der Waals surface area contributed by atoms with Crippen LogP contribution in [0.3, 0.4) is 0 Å². The number of aliphatic hydroxyl groups is 1. The molecular weight excluding hydrogens is 288 g/mol. The Balaban J connectivity index is 2.60. The van der Waals surface area contributed by atoms with E-state index in [-0.39, 0.29) is 29.7 Å². The van der Waals surface area contributed by atoms with E-state index in [2.05, 4.69) is 10.6 Å². The number of hydrogen-bond acceptors (Lipinski definition) is 4. The van der Waals surface area contributed by atoms with Crippen molar-refractivity contribution in [3.05, 3.63) is 35.4 Å². The van der Waals surface area contributed by atoms with E-state index in [1.165, 1.54) is 18.7 Å². The molecule has 1 aromatic rings. The summed E-state index contributed by atoms with van der Waals surface area (Å²) in [6.07, 6.45) is 1.90. The molecule has 2 unspecified atom stereocenters. The summed E-state index contributed by atoms with van der Waals surface area (Å²) in [7, 11) is 0. The van der Waals surface area contributed by atoms with E-state index < -0.39 is 0 Å². The molecule has 21 heavy (non-hydrogen) atoms. The van der Waals surface area contributed by atoms with E-state index in [9.17, 15) is 14.7 Å². The largest absolute Gasteiger partial charge is 0.395 e. The molecule has 0 aromatic heterocycles. The van der Waals surface area contributed by atoms with Gasteiger partial charge in [0.05, 0.1) is 6.61 Å². The van der Waals surface area contributed by atoms with Gasteiger partial charge in [0.15, 0.2) is 0 Å². The Morgan fingerprint density at radius 1 is 1.29 bits per heavy atom. The molecule has 3 N–H and O–H groups in total. The molecule has 1 aromatic carbocycles. The first-order valence-electron chi connectivity index (χ1n) is 6.75.